The number of fused-ring (bicyclic) bond motifs is 3. The Bertz CT molecular complexity index is 1270. The molecule has 3 aromatic carbocycles. The summed E-state index contributed by atoms with van der Waals surface area (Å²) < 4.78 is 6.63. The Morgan fingerprint density at radius 3 is 2.12 bits per heavy atom. The largest absolute Gasteiger partial charge is 0.476 e. The number of carboxylic acid groups (broad SMARTS) is 1. The Balaban J connectivity index is 1.35. The van der Waals surface area contributed by atoms with Crippen LogP contribution < -0.4 is 5.32 Å². The van der Waals surface area contributed by atoms with E-state index in [4.69, 9.17) is 4.74 Å². The van der Waals surface area contributed by atoms with Crippen LogP contribution in [0, 0.1) is 0 Å². The molecule has 0 fully saturated rings. The molecule has 0 unspecified atom stereocenters. The number of rotatable bonds is 5. The SMILES string of the molecule is O=C(Nc1nnn(-c2ccccc2)c1C(=O)O)OCC1c2ccccc2-c2ccccc21. The first-order valence-electron chi connectivity index (χ1n) is 10.00. The second kappa shape index (κ2) is 7.99. The zero-order valence-electron chi connectivity index (χ0n) is 16.8. The van der Waals surface area contributed by atoms with E-state index in [9.17, 15) is 14.7 Å². The van der Waals surface area contributed by atoms with E-state index >= 15 is 0 Å². The number of para-hydroxylation sites is 1. The van der Waals surface area contributed by atoms with Gasteiger partial charge in [0.1, 0.15) is 6.61 Å². The normalized spacial score (nSPS) is 12.1. The Kier molecular flexibility index (Phi) is 4.87. The molecular weight excluding hydrogens is 408 g/mol. The summed E-state index contributed by atoms with van der Waals surface area (Å²) in [5, 5.41) is 19.8. The molecule has 0 saturated carbocycles. The average molecular weight is 426 g/mol. The number of nitrogens with zero attached hydrogens (tertiary/aromatic N) is 3. The molecule has 8 heteroatoms. The highest BCUT2D eigenvalue weighted by Crippen LogP contribution is 2.44. The van der Waals surface area contributed by atoms with Crippen molar-refractivity contribution in [2.24, 2.45) is 0 Å². The molecule has 0 radical (unpaired) electrons. The monoisotopic (exact) mass is 426 g/mol. The molecule has 1 aromatic heterocycles. The van der Waals surface area contributed by atoms with E-state index in [2.05, 4.69) is 27.8 Å². The summed E-state index contributed by atoms with van der Waals surface area (Å²) >= 11 is 0. The smallest absolute Gasteiger partial charge is 0.412 e. The molecule has 0 spiro atoms. The van der Waals surface area contributed by atoms with Gasteiger partial charge in [0.05, 0.1) is 5.69 Å². The van der Waals surface area contributed by atoms with Crippen LogP contribution in [0.4, 0.5) is 10.6 Å². The molecule has 1 heterocycles. The Hall–Kier alpha value is -4.46. The van der Waals surface area contributed by atoms with Gasteiger partial charge in [0.2, 0.25) is 0 Å². The van der Waals surface area contributed by atoms with Crippen molar-refractivity contribution in [3.05, 3.63) is 95.7 Å². The van der Waals surface area contributed by atoms with Gasteiger partial charge in [-0.25, -0.2) is 14.3 Å². The lowest BCUT2D eigenvalue weighted by molar-refractivity contribution is 0.0688. The van der Waals surface area contributed by atoms with E-state index in [1.165, 1.54) is 0 Å². The fourth-order valence-corrected chi connectivity index (χ4v) is 4.04. The molecule has 158 valence electrons. The van der Waals surface area contributed by atoms with E-state index < -0.39 is 12.1 Å². The Labute approximate surface area is 183 Å². The van der Waals surface area contributed by atoms with Crippen molar-refractivity contribution in [1.82, 2.24) is 15.0 Å². The van der Waals surface area contributed by atoms with Crippen molar-refractivity contribution in [1.29, 1.82) is 0 Å². The van der Waals surface area contributed by atoms with E-state index in [1.54, 1.807) is 30.3 Å². The predicted octanol–water partition coefficient (Wildman–Crippen LogP) is 4.33. The van der Waals surface area contributed by atoms with Crippen LogP contribution in [0.5, 0.6) is 0 Å². The molecule has 2 N–H and O–H groups in total. The van der Waals surface area contributed by atoms with Gasteiger partial charge in [0.15, 0.2) is 11.5 Å². The Morgan fingerprint density at radius 2 is 1.50 bits per heavy atom. The third-order valence-electron chi connectivity index (χ3n) is 5.44. The summed E-state index contributed by atoms with van der Waals surface area (Å²) in [6, 6.07) is 24.7. The summed E-state index contributed by atoms with van der Waals surface area (Å²) in [5.74, 6) is -1.56. The van der Waals surface area contributed by atoms with Crippen molar-refractivity contribution in [3.8, 4) is 16.8 Å². The van der Waals surface area contributed by atoms with Gasteiger partial charge in [-0.15, -0.1) is 5.10 Å². The minimum Gasteiger partial charge on any atom is -0.476 e. The first-order chi connectivity index (χ1) is 15.6. The van der Waals surface area contributed by atoms with Gasteiger partial charge in [0, 0.05) is 5.92 Å². The number of benzene rings is 3. The maximum Gasteiger partial charge on any atom is 0.412 e. The summed E-state index contributed by atoms with van der Waals surface area (Å²) in [7, 11) is 0. The van der Waals surface area contributed by atoms with Crippen LogP contribution in [0.1, 0.15) is 27.5 Å². The second-order valence-corrected chi connectivity index (χ2v) is 7.29. The number of aromatic carboxylic acids is 1. The average Bonchev–Trinajstić information content (AvgIpc) is 3.38. The maximum absolute atomic E-state index is 12.5. The topological polar surface area (TPSA) is 106 Å². The van der Waals surface area contributed by atoms with Crippen LogP contribution in [0.25, 0.3) is 16.8 Å². The zero-order valence-corrected chi connectivity index (χ0v) is 16.8. The Morgan fingerprint density at radius 1 is 0.906 bits per heavy atom. The van der Waals surface area contributed by atoms with Crippen LogP contribution in [-0.4, -0.2) is 38.8 Å². The van der Waals surface area contributed by atoms with E-state index in [0.717, 1.165) is 26.9 Å². The predicted molar refractivity (Wildman–Crippen MR) is 117 cm³/mol. The number of amides is 1. The number of nitrogens with one attached hydrogen (secondary N) is 1. The third-order valence-corrected chi connectivity index (χ3v) is 5.44. The van der Waals surface area contributed by atoms with Crippen molar-refractivity contribution in [3.63, 3.8) is 0 Å². The highest BCUT2D eigenvalue weighted by molar-refractivity contribution is 5.96. The lowest BCUT2D eigenvalue weighted by Gasteiger charge is -2.14. The van der Waals surface area contributed by atoms with Crippen LogP contribution in [0.2, 0.25) is 0 Å². The maximum atomic E-state index is 12.5. The van der Waals surface area contributed by atoms with Crippen molar-refractivity contribution in [2.45, 2.75) is 5.92 Å². The first kappa shape index (κ1) is 19.5. The number of ether oxygens (including phenoxy) is 1. The minimum atomic E-state index is -1.27. The number of carboxylic acids is 1. The van der Waals surface area contributed by atoms with Crippen LogP contribution in [0.3, 0.4) is 0 Å². The lowest BCUT2D eigenvalue weighted by atomic mass is 9.98. The summed E-state index contributed by atoms with van der Waals surface area (Å²) in [6.07, 6.45) is -0.797. The highest BCUT2D eigenvalue weighted by atomic mass is 16.5. The molecule has 0 atom stereocenters. The molecule has 32 heavy (non-hydrogen) atoms. The van der Waals surface area contributed by atoms with Gasteiger partial charge in [-0.1, -0.05) is 71.9 Å². The number of aromatic nitrogens is 3. The van der Waals surface area contributed by atoms with E-state index in [1.807, 2.05) is 36.4 Å². The zero-order chi connectivity index (χ0) is 22.1. The summed E-state index contributed by atoms with van der Waals surface area (Å²) in [6.45, 7) is 0.106. The fraction of sp³-hybridized carbons (Fsp3) is 0.0833. The van der Waals surface area contributed by atoms with E-state index in [-0.39, 0.29) is 24.0 Å². The summed E-state index contributed by atoms with van der Waals surface area (Å²) in [4.78, 5) is 24.3. The number of carbonyl (C=O) groups excluding carboxylic acids is 1. The van der Waals surface area contributed by atoms with Crippen molar-refractivity contribution in [2.75, 3.05) is 11.9 Å². The molecular formula is C24H18N4O4. The quantitative estimate of drug-likeness (QED) is 0.492. The van der Waals surface area contributed by atoms with Crippen LogP contribution in [0.15, 0.2) is 78.9 Å². The summed E-state index contributed by atoms with van der Waals surface area (Å²) in [5.41, 5.74) is 4.67. The first-order valence-corrected chi connectivity index (χ1v) is 10.00. The number of anilines is 1. The molecule has 0 aliphatic heterocycles. The molecule has 1 aliphatic carbocycles. The number of hydrogen-bond donors (Lipinski definition) is 2. The van der Waals surface area contributed by atoms with Gasteiger partial charge in [-0.3, -0.25) is 5.32 Å². The van der Waals surface area contributed by atoms with Crippen molar-refractivity contribution >= 4 is 17.9 Å². The molecule has 4 aromatic rings. The highest BCUT2D eigenvalue weighted by Gasteiger charge is 2.29. The van der Waals surface area contributed by atoms with Gasteiger partial charge < -0.3 is 9.84 Å². The standard InChI is InChI=1S/C24H18N4O4/c29-23(30)21-22(26-27-28(21)15-8-2-1-3-9-15)25-24(31)32-14-20-18-12-6-4-10-16(18)17-11-5-7-13-19(17)20/h1-13,20H,14H2,(H,25,31)(H,29,30). The molecule has 0 bridgehead atoms. The molecule has 0 saturated heterocycles. The third kappa shape index (κ3) is 3.37. The molecule has 8 nitrogen and oxygen atoms in total. The van der Waals surface area contributed by atoms with Gasteiger partial charge in [-0.05, 0) is 34.4 Å². The molecule has 1 amide bonds. The van der Waals surface area contributed by atoms with Crippen LogP contribution >= 0.6 is 0 Å². The fourth-order valence-electron chi connectivity index (χ4n) is 4.04. The van der Waals surface area contributed by atoms with E-state index in [0.29, 0.717) is 5.69 Å². The minimum absolute atomic E-state index is 0.105. The van der Waals surface area contributed by atoms with Gasteiger partial charge in [-0.2, -0.15) is 0 Å². The number of hydrogen-bond acceptors (Lipinski definition) is 5. The lowest BCUT2D eigenvalue weighted by Crippen LogP contribution is -2.20. The second-order valence-electron chi connectivity index (χ2n) is 7.29. The molecule has 1 aliphatic rings. The van der Waals surface area contributed by atoms with Gasteiger partial charge >= 0.3 is 12.1 Å². The number of carbonyl (C=O) groups is 2. The van der Waals surface area contributed by atoms with Crippen molar-refractivity contribution < 1.29 is 19.4 Å². The molecule has 5 rings (SSSR count). The van der Waals surface area contributed by atoms with Gasteiger partial charge in [0.25, 0.3) is 0 Å². The van der Waals surface area contributed by atoms with Crippen LogP contribution in [-0.2, 0) is 4.74 Å².